The van der Waals surface area contributed by atoms with Gasteiger partial charge in [0.1, 0.15) is 11.5 Å². The van der Waals surface area contributed by atoms with Gasteiger partial charge in [-0.25, -0.2) is 9.59 Å². The third-order valence-electron chi connectivity index (χ3n) is 4.69. The summed E-state index contributed by atoms with van der Waals surface area (Å²) < 4.78 is 11.1. The summed E-state index contributed by atoms with van der Waals surface area (Å²) in [6, 6.07) is 12.3. The van der Waals surface area contributed by atoms with Crippen LogP contribution < -0.4 is 15.4 Å². The number of ether oxygens (including phenoxy) is 2. The molecular formula is C22H24N2O4. The SMILES string of the molecule is CCOC(=O)C1=C(C)NC(=O)NC1c1ccc(Oc2ccc(C)c(C)c2)cc1. The van der Waals surface area contributed by atoms with Gasteiger partial charge in [-0.15, -0.1) is 0 Å². The lowest BCUT2D eigenvalue weighted by Gasteiger charge is -2.28. The van der Waals surface area contributed by atoms with Crippen molar-refractivity contribution < 1.29 is 19.1 Å². The summed E-state index contributed by atoms with van der Waals surface area (Å²) in [5.41, 5.74) is 4.01. The van der Waals surface area contributed by atoms with Gasteiger partial charge in [0.15, 0.2) is 0 Å². The number of urea groups is 1. The Morgan fingerprint density at radius 2 is 1.68 bits per heavy atom. The van der Waals surface area contributed by atoms with Gasteiger partial charge in [0, 0.05) is 5.70 Å². The Labute approximate surface area is 164 Å². The van der Waals surface area contributed by atoms with Gasteiger partial charge in [-0.1, -0.05) is 18.2 Å². The number of rotatable bonds is 5. The van der Waals surface area contributed by atoms with Crippen molar-refractivity contribution in [2.24, 2.45) is 0 Å². The number of carbonyl (C=O) groups excluding carboxylic acids is 2. The molecule has 28 heavy (non-hydrogen) atoms. The minimum atomic E-state index is -0.580. The summed E-state index contributed by atoms with van der Waals surface area (Å²) in [5, 5.41) is 5.41. The molecule has 2 N–H and O–H groups in total. The Morgan fingerprint density at radius 3 is 2.32 bits per heavy atom. The largest absolute Gasteiger partial charge is 0.463 e. The zero-order valence-electron chi connectivity index (χ0n) is 16.5. The molecule has 0 spiro atoms. The zero-order chi connectivity index (χ0) is 20.3. The number of allylic oxidation sites excluding steroid dienone is 1. The minimum Gasteiger partial charge on any atom is -0.463 e. The Morgan fingerprint density at radius 1 is 1.00 bits per heavy atom. The van der Waals surface area contributed by atoms with Gasteiger partial charge in [-0.2, -0.15) is 0 Å². The number of esters is 1. The van der Waals surface area contributed by atoms with Crippen molar-refractivity contribution in [2.75, 3.05) is 6.61 Å². The number of carbonyl (C=O) groups is 2. The number of amides is 2. The van der Waals surface area contributed by atoms with E-state index < -0.39 is 12.0 Å². The van der Waals surface area contributed by atoms with Crippen molar-refractivity contribution in [1.82, 2.24) is 10.6 Å². The number of hydrogen-bond acceptors (Lipinski definition) is 4. The molecule has 6 heteroatoms. The van der Waals surface area contributed by atoms with Crippen LogP contribution in [0.3, 0.4) is 0 Å². The summed E-state index contributed by atoms with van der Waals surface area (Å²) >= 11 is 0. The van der Waals surface area contributed by atoms with Crippen molar-refractivity contribution in [2.45, 2.75) is 33.7 Å². The summed E-state index contributed by atoms with van der Waals surface area (Å²) in [4.78, 5) is 24.3. The van der Waals surface area contributed by atoms with Crippen LogP contribution >= 0.6 is 0 Å². The fourth-order valence-corrected chi connectivity index (χ4v) is 3.07. The summed E-state index contributed by atoms with van der Waals surface area (Å²) in [7, 11) is 0. The van der Waals surface area contributed by atoms with E-state index in [1.165, 1.54) is 5.56 Å². The average molecular weight is 380 g/mol. The molecule has 2 aromatic rings. The molecule has 3 rings (SSSR count). The third-order valence-corrected chi connectivity index (χ3v) is 4.69. The first kappa shape index (κ1) is 19.5. The van der Waals surface area contributed by atoms with Gasteiger partial charge >= 0.3 is 12.0 Å². The van der Waals surface area contributed by atoms with Gasteiger partial charge in [0.25, 0.3) is 0 Å². The molecule has 0 aliphatic carbocycles. The van der Waals surface area contributed by atoms with E-state index in [1.807, 2.05) is 49.4 Å². The van der Waals surface area contributed by atoms with E-state index in [9.17, 15) is 9.59 Å². The maximum atomic E-state index is 12.4. The van der Waals surface area contributed by atoms with Crippen LogP contribution in [0.15, 0.2) is 53.7 Å². The molecule has 0 bridgehead atoms. The molecule has 0 saturated carbocycles. The van der Waals surface area contributed by atoms with Crippen molar-refractivity contribution in [3.63, 3.8) is 0 Å². The van der Waals surface area contributed by atoms with Crippen molar-refractivity contribution >= 4 is 12.0 Å². The normalized spacial score (nSPS) is 16.3. The first-order chi connectivity index (χ1) is 13.4. The molecule has 1 atom stereocenters. The number of aryl methyl sites for hydroxylation is 2. The zero-order valence-corrected chi connectivity index (χ0v) is 16.5. The van der Waals surface area contributed by atoms with E-state index in [1.54, 1.807) is 13.8 Å². The molecule has 1 aliphatic heterocycles. The number of nitrogens with one attached hydrogen (secondary N) is 2. The van der Waals surface area contributed by atoms with E-state index in [0.717, 1.165) is 16.9 Å². The molecule has 0 aromatic heterocycles. The maximum Gasteiger partial charge on any atom is 0.338 e. The Bertz CT molecular complexity index is 932. The van der Waals surface area contributed by atoms with E-state index in [4.69, 9.17) is 9.47 Å². The average Bonchev–Trinajstić information content (AvgIpc) is 2.65. The fourth-order valence-electron chi connectivity index (χ4n) is 3.07. The predicted octanol–water partition coefficient (Wildman–Crippen LogP) is 4.29. The summed E-state index contributed by atoms with van der Waals surface area (Å²) in [5.74, 6) is 0.979. The van der Waals surface area contributed by atoms with Gasteiger partial charge < -0.3 is 20.1 Å². The highest BCUT2D eigenvalue weighted by Crippen LogP contribution is 2.30. The third kappa shape index (κ3) is 4.17. The van der Waals surface area contributed by atoms with Crippen LogP contribution in [0.1, 0.15) is 36.6 Å². The Balaban J connectivity index is 1.84. The molecule has 2 amide bonds. The molecular weight excluding hydrogens is 356 g/mol. The Hall–Kier alpha value is -3.28. The monoisotopic (exact) mass is 380 g/mol. The predicted molar refractivity (Wildman–Crippen MR) is 106 cm³/mol. The van der Waals surface area contributed by atoms with Gasteiger partial charge in [0.05, 0.1) is 18.2 Å². The lowest BCUT2D eigenvalue weighted by atomic mass is 9.95. The van der Waals surface area contributed by atoms with Gasteiger partial charge in [-0.3, -0.25) is 0 Å². The van der Waals surface area contributed by atoms with Crippen LogP contribution in [0, 0.1) is 13.8 Å². The van der Waals surface area contributed by atoms with E-state index in [0.29, 0.717) is 17.0 Å². The molecule has 2 aromatic carbocycles. The van der Waals surface area contributed by atoms with Crippen LogP contribution in [0.2, 0.25) is 0 Å². The Kier molecular flexibility index (Phi) is 5.68. The molecule has 0 saturated heterocycles. The van der Waals surface area contributed by atoms with Gasteiger partial charge in [0.2, 0.25) is 0 Å². The molecule has 1 unspecified atom stereocenters. The second kappa shape index (κ2) is 8.17. The highest BCUT2D eigenvalue weighted by molar-refractivity contribution is 5.95. The second-order valence-corrected chi connectivity index (χ2v) is 6.71. The van der Waals surface area contributed by atoms with Crippen LogP contribution in [0.4, 0.5) is 4.79 Å². The van der Waals surface area contributed by atoms with E-state index in [-0.39, 0.29) is 12.6 Å². The molecule has 146 valence electrons. The van der Waals surface area contributed by atoms with Crippen molar-refractivity contribution in [3.05, 3.63) is 70.4 Å². The standard InChI is InChI=1S/C22H24N2O4/c1-5-27-21(25)19-15(4)23-22(26)24-20(19)16-7-10-17(11-8-16)28-18-9-6-13(2)14(3)12-18/h6-12,20H,5H2,1-4H3,(H2,23,24,26). The maximum absolute atomic E-state index is 12.4. The molecule has 6 nitrogen and oxygen atoms in total. The number of hydrogen-bond donors (Lipinski definition) is 2. The quantitative estimate of drug-likeness (QED) is 0.759. The second-order valence-electron chi connectivity index (χ2n) is 6.71. The molecule has 0 fully saturated rings. The molecule has 1 heterocycles. The number of benzene rings is 2. The lowest BCUT2D eigenvalue weighted by molar-refractivity contribution is -0.139. The summed E-state index contributed by atoms with van der Waals surface area (Å²) in [6.07, 6.45) is 0. The lowest BCUT2D eigenvalue weighted by Crippen LogP contribution is -2.45. The van der Waals surface area contributed by atoms with Crippen LogP contribution in [-0.2, 0) is 9.53 Å². The highest BCUT2D eigenvalue weighted by Gasteiger charge is 2.32. The van der Waals surface area contributed by atoms with E-state index in [2.05, 4.69) is 17.6 Å². The van der Waals surface area contributed by atoms with Crippen LogP contribution in [0.5, 0.6) is 11.5 Å². The summed E-state index contributed by atoms with van der Waals surface area (Å²) in [6.45, 7) is 7.79. The molecule has 1 aliphatic rings. The first-order valence-corrected chi connectivity index (χ1v) is 9.19. The molecule has 0 radical (unpaired) electrons. The van der Waals surface area contributed by atoms with Crippen molar-refractivity contribution in [1.29, 1.82) is 0 Å². The van der Waals surface area contributed by atoms with Crippen LogP contribution in [0.25, 0.3) is 0 Å². The smallest absolute Gasteiger partial charge is 0.338 e. The van der Waals surface area contributed by atoms with Gasteiger partial charge in [-0.05, 0) is 68.7 Å². The van der Waals surface area contributed by atoms with E-state index >= 15 is 0 Å². The first-order valence-electron chi connectivity index (χ1n) is 9.19. The highest BCUT2D eigenvalue weighted by atomic mass is 16.5. The topological polar surface area (TPSA) is 76.7 Å². The minimum absolute atomic E-state index is 0.263. The van der Waals surface area contributed by atoms with Crippen LogP contribution in [-0.4, -0.2) is 18.6 Å². The fraction of sp³-hybridized carbons (Fsp3) is 0.273. The van der Waals surface area contributed by atoms with Crippen molar-refractivity contribution in [3.8, 4) is 11.5 Å².